The molecule has 4 nitrogen and oxygen atoms in total. The molecule has 0 amide bonds. The molecule has 0 radical (unpaired) electrons. The zero-order chi connectivity index (χ0) is 29.0. The SMILES string of the molecule is CCCCC(CCC)(CCC)OP(=O)(OC(CCC)(CCC)CCCC)OC(CCC)(CCC)CCCC. The maximum absolute atomic E-state index is 15.3. The molecule has 230 valence electrons. The van der Waals surface area contributed by atoms with Crippen molar-refractivity contribution in [3.8, 4) is 0 Å². The predicted molar refractivity (Wildman–Crippen MR) is 167 cm³/mol. The molecule has 0 bridgehead atoms. The molecular formula is C33H69O4P. The van der Waals surface area contributed by atoms with Gasteiger partial charge in [-0.15, -0.1) is 0 Å². The van der Waals surface area contributed by atoms with Crippen molar-refractivity contribution in [3.63, 3.8) is 0 Å². The van der Waals surface area contributed by atoms with E-state index in [1.54, 1.807) is 0 Å². The molecule has 0 aromatic rings. The molecule has 0 N–H and O–H groups in total. The minimum Gasteiger partial charge on any atom is -0.280 e. The second kappa shape index (κ2) is 20.9. The van der Waals surface area contributed by atoms with Gasteiger partial charge in [0, 0.05) is 0 Å². The average molecular weight is 561 g/mol. The lowest BCUT2D eigenvalue weighted by Crippen LogP contribution is -2.40. The Labute approximate surface area is 239 Å². The number of hydrogen-bond donors (Lipinski definition) is 0. The Bertz CT molecular complexity index is 507. The first-order chi connectivity index (χ1) is 18.2. The summed E-state index contributed by atoms with van der Waals surface area (Å²) in [6, 6.07) is 0. The molecule has 0 saturated heterocycles. The van der Waals surface area contributed by atoms with Crippen molar-refractivity contribution < 1.29 is 18.1 Å². The van der Waals surface area contributed by atoms with E-state index in [9.17, 15) is 0 Å². The van der Waals surface area contributed by atoms with E-state index in [0.717, 1.165) is 135 Å². The van der Waals surface area contributed by atoms with Crippen molar-refractivity contribution in [2.45, 2.75) is 214 Å². The number of hydrogen-bond acceptors (Lipinski definition) is 4. The second-order valence-corrected chi connectivity index (χ2v) is 13.5. The van der Waals surface area contributed by atoms with Crippen LogP contribution in [0.25, 0.3) is 0 Å². The summed E-state index contributed by atoms with van der Waals surface area (Å²) < 4.78 is 36.3. The lowest BCUT2D eigenvalue weighted by Gasteiger charge is -2.44. The lowest BCUT2D eigenvalue weighted by molar-refractivity contribution is -0.0887. The zero-order valence-corrected chi connectivity index (χ0v) is 28.3. The zero-order valence-electron chi connectivity index (χ0n) is 27.4. The molecule has 0 unspecified atom stereocenters. The van der Waals surface area contributed by atoms with E-state index in [4.69, 9.17) is 13.6 Å². The van der Waals surface area contributed by atoms with Gasteiger partial charge in [0.05, 0.1) is 16.8 Å². The minimum absolute atomic E-state index is 0.459. The fourth-order valence-electron chi connectivity index (χ4n) is 6.53. The summed E-state index contributed by atoms with van der Waals surface area (Å²) in [5.74, 6) is 0. The van der Waals surface area contributed by atoms with Crippen LogP contribution in [-0.2, 0) is 18.1 Å². The van der Waals surface area contributed by atoms with E-state index in [0.29, 0.717) is 0 Å². The van der Waals surface area contributed by atoms with Crippen LogP contribution in [0.2, 0.25) is 0 Å². The largest absolute Gasteiger partial charge is 0.476 e. The van der Waals surface area contributed by atoms with Crippen LogP contribution >= 0.6 is 7.82 Å². The third kappa shape index (κ3) is 13.6. The Hall–Kier alpha value is 0.110. The molecule has 0 rings (SSSR count). The van der Waals surface area contributed by atoms with Gasteiger partial charge in [0.15, 0.2) is 0 Å². The first kappa shape index (κ1) is 38.1. The Morgan fingerprint density at radius 1 is 0.368 bits per heavy atom. The molecule has 0 saturated carbocycles. The van der Waals surface area contributed by atoms with Crippen LogP contribution in [-0.4, -0.2) is 16.8 Å². The molecule has 0 aliphatic carbocycles. The smallest absolute Gasteiger partial charge is 0.280 e. The van der Waals surface area contributed by atoms with Gasteiger partial charge in [-0.05, 0) is 57.8 Å². The molecule has 38 heavy (non-hydrogen) atoms. The highest BCUT2D eigenvalue weighted by molar-refractivity contribution is 7.48. The van der Waals surface area contributed by atoms with E-state index in [-0.39, 0.29) is 0 Å². The molecule has 0 spiro atoms. The van der Waals surface area contributed by atoms with Gasteiger partial charge in [0.1, 0.15) is 0 Å². The third-order valence-corrected chi connectivity index (χ3v) is 9.94. The van der Waals surface area contributed by atoms with E-state index in [1.807, 2.05) is 0 Å². The van der Waals surface area contributed by atoms with E-state index < -0.39 is 24.6 Å². The monoisotopic (exact) mass is 560 g/mol. The summed E-state index contributed by atoms with van der Waals surface area (Å²) in [5.41, 5.74) is -1.38. The van der Waals surface area contributed by atoms with Crippen molar-refractivity contribution in [1.82, 2.24) is 0 Å². The number of unbranched alkanes of at least 4 members (excludes halogenated alkanes) is 3. The average Bonchev–Trinajstić information content (AvgIpc) is 2.86. The maximum Gasteiger partial charge on any atom is 0.476 e. The van der Waals surface area contributed by atoms with E-state index in [1.165, 1.54) is 0 Å². The third-order valence-electron chi connectivity index (χ3n) is 8.11. The quantitative estimate of drug-likeness (QED) is 0.0937. The normalized spacial score (nSPS) is 13.4. The van der Waals surface area contributed by atoms with Crippen LogP contribution in [0.5, 0.6) is 0 Å². The standard InChI is InChI=1S/C33H69O4P/c1-10-19-28-31(22-13-4,23-14-5)35-38(34,36-32(24-15-6,25-16-7)29-20-11-2)37-33(26-17-8,27-18-9)30-21-12-3/h10-30H2,1-9H3. The number of rotatable bonds is 27. The van der Waals surface area contributed by atoms with Crippen LogP contribution in [0.1, 0.15) is 197 Å². The fraction of sp³-hybridized carbons (Fsp3) is 1.00. The predicted octanol–water partition coefficient (Wildman–Crippen LogP) is 12.7. The van der Waals surface area contributed by atoms with Gasteiger partial charge in [0.2, 0.25) is 0 Å². The highest BCUT2D eigenvalue weighted by atomic mass is 31.2. The highest BCUT2D eigenvalue weighted by Gasteiger charge is 2.49. The van der Waals surface area contributed by atoms with Crippen molar-refractivity contribution in [2.24, 2.45) is 0 Å². The lowest BCUT2D eigenvalue weighted by atomic mass is 9.87. The highest BCUT2D eigenvalue weighted by Crippen LogP contribution is 2.63. The second-order valence-electron chi connectivity index (χ2n) is 12.1. The maximum atomic E-state index is 15.3. The van der Waals surface area contributed by atoms with Gasteiger partial charge in [-0.1, -0.05) is 139 Å². The van der Waals surface area contributed by atoms with E-state index >= 15 is 4.57 Å². The van der Waals surface area contributed by atoms with Crippen LogP contribution in [0, 0.1) is 0 Å². The molecule has 0 aromatic heterocycles. The summed E-state index contributed by atoms with van der Waals surface area (Å²) in [5, 5.41) is 0. The van der Waals surface area contributed by atoms with Gasteiger partial charge >= 0.3 is 7.82 Å². The molecule has 5 heteroatoms. The number of phosphoric acid groups is 1. The topological polar surface area (TPSA) is 44.8 Å². The molecule has 0 heterocycles. The van der Waals surface area contributed by atoms with Gasteiger partial charge in [0.25, 0.3) is 0 Å². The Kier molecular flexibility index (Phi) is 21.0. The van der Waals surface area contributed by atoms with Gasteiger partial charge in [-0.3, -0.25) is 13.6 Å². The first-order valence-electron chi connectivity index (χ1n) is 16.9. The van der Waals surface area contributed by atoms with Crippen molar-refractivity contribution in [1.29, 1.82) is 0 Å². The fourth-order valence-corrected chi connectivity index (χ4v) is 8.89. The summed E-state index contributed by atoms with van der Waals surface area (Å²) in [6.45, 7) is 20.0. The van der Waals surface area contributed by atoms with E-state index in [2.05, 4.69) is 62.3 Å². The summed E-state index contributed by atoms with van der Waals surface area (Å²) in [7, 11) is -3.88. The Morgan fingerprint density at radius 2 is 0.579 bits per heavy atom. The summed E-state index contributed by atoms with van der Waals surface area (Å²) >= 11 is 0. The van der Waals surface area contributed by atoms with Crippen molar-refractivity contribution in [2.75, 3.05) is 0 Å². The molecule has 0 aliphatic heterocycles. The van der Waals surface area contributed by atoms with Gasteiger partial charge < -0.3 is 0 Å². The minimum atomic E-state index is -3.88. The van der Waals surface area contributed by atoms with Gasteiger partial charge in [-0.2, -0.15) is 0 Å². The Balaban J connectivity index is 6.90. The first-order valence-corrected chi connectivity index (χ1v) is 18.3. The molecule has 0 aromatic carbocycles. The van der Waals surface area contributed by atoms with Crippen molar-refractivity contribution >= 4 is 7.82 Å². The molecular weight excluding hydrogens is 491 g/mol. The Morgan fingerprint density at radius 3 is 0.737 bits per heavy atom. The van der Waals surface area contributed by atoms with Crippen LogP contribution in [0.3, 0.4) is 0 Å². The van der Waals surface area contributed by atoms with Crippen LogP contribution < -0.4 is 0 Å². The van der Waals surface area contributed by atoms with Crippen LogP contribution in [0.4, 0.5) is 0 Å². The van der Waals surface area contributed by atoms with Crippen molar-refractivity contribution in [3.05, 3.63) is 0 Å². The number of phosphoric ester groups is 1. The van der Waals surface area contributed by atoms with Gasteiger partial charge in [-0.25, -0.2) is 4.57 Å². The molecule has 0 atom stereocenters. The van der Waals surface area contributed by atoms with Crippen LogP contribution in [0.15, 0.2) is 0 Å². The summed E-state index contributed by atoms with van der Waals surface area (Å²) in [4.78, 5) is 0. The molecule has 0 fully saturated rings. The summed E-state index contributed by atoms with van der Waals surface area (Å²) in [6.07, 6.45) is 20.6. The molecule has 0 aliphatic rings.